The van der Waals surface area contributed by atoms with Crippen LogP contribution in [-0.2, 0) is 0 Å². The van der Waals surface area contributed by atoms with Crippen LogP contribution in [0.15, 0.2) is 16.9 Å². The molecule has 1 unspecified atom stereocenters. The van der Waals surface area contributed by atoms with Crippen LogP contribution in [0.5, 0.6) is 0 Å². The molecule has 1 fully saturated rings. The van der Waals surface area contributed by atoms with Gasteiger partial charge in [0.25, 0.3) is 5.91 Å². The molecule has 1 atom stereocenters. The largest absolute Gasteiger partial charge is 0.394 e. The average molecular weight is 250 g/mol. The lowest BCUT2D eigenvalue weighted by molar-refractivity contribution is 0.0824. The third-order valence-electron chi connectivity index (χ3n) is 3.45. The highest BCUT2D eigenvalue weighted by atomic mass is 16.3. The van der Waals surface area contributed by atoms with Crippen LogP contribution in [0, 0.1) is 12.8 Å². The maximum atomic E-state index is 12.1. The predicted octanol–water partition coefficient (Wildman–Crippen LogP) is 0.574. The van der Waals surface area contributed by atoms with Gasteiger partial charge in [-0.15, -0.1) is 0 Å². The first-order valence-corrected chi connectivity index (χ1v) is 6.09. The molecule has 1 aromatic rings. The number of aryl methyl sites for hydroxylation is 1. The first kappa shape index (κ1) is 12.8. The summed E-state index contributed by atoms with van der Waals surface area (Å²) in [5, 5.41) is 12.3. The number of pyridine rings is 1. The zero-order chi connectivity index (χ0) is 13.3. The molecule has 1 heterocycles. The molecule has 3 N–H and O–H groups in total. The van der Waals surface area contributed by atoms with Crippen LogP contribution in [0.2, 0.25) is 0 Å². The summed E-state index contributed by atoms with van der Waals surface area (Å²) < 4.78 is 0. The van der Waals surface area contributed by atoms with E-state index in [1.54, 1.807) is 13.0 Å². The first-order valence-electron chi connectivity index (χ1n) is 6.09. The fourth-order valence-corrected chi connectivity index (χ4v) is 2.14. The molecule has 0 spiro atoms. The number of hydrogen-bond acceptors (Lipinski definition) is 3. The lowest BCUT2D eigenvalue weighted by Crippen LogP contribution is -2.50. The number of carbonyl (C=O) groups excluding carboxylic acids is 1. The first-order chi connectivity index (χ1) is 8.44. The minimum atomic E-state index is -0.590. The number of aromatic nitrogens is 1. The van der Waals surface area contributed by atoms with E-state index in [2.05, 4.69) is 10.3 Å². The second-order valence-corrected chi connectivity index (χ2v) is 5.22. The number of nitrogens with one attached hydrogen (secondary N) is 2. The highest BCUT2D eigenvalue weighted by Gasteiger charge is 2.42. The van der Waals surface area contributed by atoms with Crippen molar-refractivity contribution in [2.45, 2.75) is 32.2 Å². The normalized spacial score (nSPS) is 18.2. The molecule has 1 aliphatic carbocycles. The van der Waals surface area contributed by atoms with Crippen molar-refractivity contribution in [2.75, 3.05) is 6.61 Å². The Hall–Kier alpha value is -1.62. The van der Waals surface area contributed by atoms with Gasteiger partial charge in [-0.2, -0.15) is 0 Å². The van der Waals surface area contributed by atoms with E-state index in [0.29, 0.717) is 17.2 Å². The summed E-state index contributed by atoms with van der Waals surface area (Å²) in [4.78, 5) is 26.0. The van der Waals surface area contributed by atoms with Crippen LogP contribution in [0.4, 0.5) is 0 Å². The van der Waals surface area contributed by atoms with Crippen molar-refractivity contribution in [3.8, 4) is 0 Å². The summed E-state index contributed by atoms with van der Waals surface area (Å²) in [6.45, 7) is 3.47. The van der Waals surface area contributed by atoms with Crippen LogP contribution in [0.3, 0.4) is 0 Å². The van der Waals surface area contributed by atoms with E-state index < -0.39 is 5.54 Å². The van der Waals surface area contributed by atoms with Gasteiger partial charge in [0.05, 0.1) is 12.1 Å². The zero-order valence-corrected chi connectivity index (χ0v) is 10.6. The van der Waals surface area contributed by atoms with E-state index in [1.807, 2.05) is 6.92 Å². The highest BCUT2D eigenvalue weighted by molar-refractivity contribution is 5.94. The SMILES string of the molecule is Cc1cc(C(=O)NC(C)(CO)C2CC2)cc(=O)[nH]1. The van der Waals surface area contributed by atoms with Gasteiger partial charge < -0.3 is 15.4 Å². The molecule has 18 heavy (non-hydrogen) atoms. The molecule has 1 aliphatic rings. The molecule has 5 nitrogen and oxygen atoms in total. The molecule has 98 valence electrons. The van der Waals surface area contributed by atoms with Gasteiger partial charge in [0, 0.05) is 17.3 Å². The van der Waals surface area contributed by atoms with Gasteiger partial charge in [-0.1, -0.05) is 0 Å². The average Bonchev–Trinajstić information content (AvgIpc) is 3.11. The summed E-state index contributed by atoms with van der Waals surface area (Å²) in [6.07, 6.45) is 2.04. The minimum Gasteiger partial charge on any atom is -0.394 e. The third kappa shape index (κ3) is 2.61. The maximum absolute atomic E-state index is 12.1. The Labute approximate surface area is 105 Å². The quantitative estimate of drug-likeness (QED) is 0.730. The molecule has 0 aromatic carbocycles. The standard InChI is InChI=1S/C13H18N2O3/c1-8-5-9(6-11(17)14-8)12(18)15-13(2,7-16)10-3-4-10/h5-6,10,16H,3-4,7H2,1-2H3,(H,14,17)(H,15,18). The summed E-state index contributed by atoms with van der Waals surface area (Å²) in [7, 11) is 0. The second-order valence-electron chi connectivity index (χ2n) is 5.22. The van der Waals surface area contributed by atoms with Gasteiger partial charge in [0.2, 0.25) is 5.56 Å². The Kier molecular flexibility index (Phi) is 3.26. The zero-order valence-electron chi connectivity index (χ0n) is 10.6. The van der Waals surface area contributed by atoms with E-state index in [1.165, 1.54) is 6.07 Å². The Morgan fingerprint density at radius 2 is 2.22 bits per heavy atom. The van der Waals surface area contributed by atoms with Crippen LogP contribution < -0.4 is 10.9 Å². The number of H-pyrrole nitrogens is 1. The number of rotatable bonds is 4. The number of carbonyl (C=O) groups is 1. The second kappa shape index (κ2) is 4.57. The Morgan fingerprint density at radius 1 is 1.56 bits per heavy atom. The smallest absolute Gasteiger partial charge is 0.252 e. The molecular weight excluding hydrogens is 232 g/mol. The van der Waals surface area contributed by atoms with Gasteiger partial charge in [0.1, 0.15) is 0 Å². The van der Waals surface area contributed by atoms with Crippen molar-refractivity contribution in [1.29, 1.82) is 0 Å². The molecule has 0 radical (unpaired) electrons. The molecule has 2 rings (SSSR count). The van der Waals surface area contributed by atoms with Gasteiger partial charge in [0.15, 0.2) is 0 Å². The Balaban J connectivity index is 2.18. The molecular formula is C13H18N2O3. The minimum absolute atomic E-state index is 0.0917. The van der Waals surface area contributed by atoms with E-state index >= 15 is 0 Å². The molecule has 1 saturated carbocycles. The van der Waals surface area contributed by atoms with Gasteiger partial charge in [-0.05, 0) is 38.7 Å². The molecule has 0 aliphatic heterocycles. The van der Waals surface area contributed by atoms with E-state index in [4.69, 9.17) is 0 Å². The fourth-order valence-electron chi connectivity index (χ4n) is 2.14. The molecule has 1 amide bonds. The van der Waals surface area contributed by atoms with E-state index in [9.17, 15) is 14.7 Å². The topological polar surface area (TPSA) is 82.2 Å². The maximum Gasteiger partial charge on any atom is 0.252 e. The fraction of sp³-hybridized carbons (Fsp3) is 0.538. The lowest BCUT2D eigenvalue weighted by atomic mass is 9.96. The Morgan fingerprint density at radius 3 is 2.72 bits per heavy atom. The summed E-state index contributed by atoms with van der Waals surface area (Å²) in [5.74, 6) is 0.0159. The molecule has 5 heteroatoms. The number of aliphatic hydroxyl groups is 1. The predicted molar refractivity (Wildman–Crippen MR) is 67.5 cm³/mol. The van der Waals surface area contributed by atoms with Crippen molar-refractivity contribution in [3.63, 3.8) is 0 Å². The number of aliphatic hydroxyl groups excluding tert-OH is 1. The van der Waals surface area contributed by atoms with Crippen molar-refractivity contribution in [1.82, 2.24) is 10.3 Å². The number of amides is 1. The van der Waals surface area contributed by atoms with Crippen LogP contribution >= 0.6 is 0 Å². The lowest BCUT2D eigenvalue weighted by Gasteiger charge is -2.28. The molecule has 0 bridgehead atoms. The van der Waals surface area contributed by atoms with E-state index in [0.717, 1.165) is 12.8 Å². The summed E-state index contributed by atoms with van der Waals surface area (Å²) >= 11 is 0. The number of aromatic amines is 1. The monoisotopic (exact) mass is 250 g/mol. The van der Waals surface area contributed by atoms with Crippen molar-refractivity contribution in [3.05, 3.63) is 33.7 Å². The molecule has 1 aromatic heterocycles. The van der Waals surface area contributed by atoms with Crippen LogP contribution in [0.1, 0.15) is 35.8 Å². The van der Waals surface area contributed by atoms with E-state index in [-0.39, 0.29) is 18.1 Å². The van der Waals surface area contributed by atoms with Gasteiger partial charge >= 0.3 is 0 Å². The Bertz CT molecular complexity index is 519. The van der Waals surface area contributed by atoms with Crippen LogP contribution in [0.25, 0.3) is 0 Å². The highest BCUT2D eigenvalue weighted by Crippen LogP contribution is 2.39. The van der Waals surface area contributed by atoms with Gasteiger partial charge in [-0.3, -0.25) is 9.59 Å². The summed E-state index contributed by atoms with van der Waals surface area (Å²) in [6, 6.07) is 2.90. The van der Waals surface area contributed by atoms with Gasteiger partial charge in [-0.25, -0.2) is 0 Å². The number of hydrogen-bond donors (Lipinski definition) is 3. The van der Waals surface area contributed by atoms with Crippen LogP contribution in [-0.4, -0.2) is 28.1 Å². The van der Waals surface area contributed by atoms with Crippen molar-refractivity contribution < 1.29 is 9.90 Å². The third-order valence-corrected chi connectivity index (χ3v) is 3.45. The molecule has 0 saturated heterocycles. The summed E-state index contributed by atoms with van der Waals surface area (Å²) in [5.41, 5.74) is 0.0896. The van der Waals surface area contributed by atoms with Crippen molar-refractivity contribution >= 4 is 5.91 Å². The van der Waals surface area contributed by atoms with Crippen molar-refractivity contribution in [2.24, 2.45) is 5.92 Å².